The lowest BCUT2D eigenvalue weighted by Gasteiger charge is -2.32. The van der Waals surface area contributed by atoms with Gasteiger partial charge in [0.05, 0.1) is 19.8 Å². The standard InChI is InChI=1S/C19H28F2N4O2.HI/c1-2-22-19(23-13-15-5-3-4-6-17(15)27-18(20)21)25-8-7-16(14-25)24-9-11-26-12-10-24;/h3-6,16,18H,2,7-14H2,1H3,(H,22,23);1H. The number of ether oxygens (including phenoxy) is 2. The summed E-state index contributed by atoms with van der Waals surface area (Å²) in [5.74, 6) is 1.000. The van der Waals surface area contributed by atoms with Crippen LogP contribution in [0.5, 0.6) is 5.75 Å². The molecule has 2 aliphatic heterocycles. The van der Waals surface area contributed by atoms with Crippen LogP contribution in [-0.2, 0) is 11.3 Å². The molecule has 9 heteroatoms. The van der Waals surface area contributed by atoms with E-state index < -0.39 is 6.61 Å². The number of morpholine rings is 1. The van der Waals surface area contributed by atoms with Gasteiger partial charge in [-0.25, -0.2) is 4.99 Å². The van der Waals surface area contributed by atoms with Gasteiger partial charge in [0.15, 0.2) is 5.96 Å². The zero-order valence-corrected chi connectivity index (χ0v) is 18.5. The second-order valence-corrected chi connectivity index (χ2v) is 6.69. The molecular weight excluding hydrogens is 481 g/mol. The highest BCUT2D eigenvalue weighted by atomic mass is 127. The van der Waals surface area contributed by atoms with Gasteiger partial charge in [0.2, 0.25) is 0 Å². The number of alkyl halides is 2. The van der Waals surface area contributed by atoms with Gasteiger partial charge < -0.3 is 19.7 Å². The Balaban J connectivity index is 0.00000280. The minimum absolute atomic E-state index is 0. The summed E-state index contributed by atoms with van der Waals surface area (Å²) in [5.41, 5.74) is 0.650. The van der Waals surface area contributed by atoms with Crippen molar-refractivity contribution in [2.45, 2.75) is 32.5 Å². The van der Waals surface area contributed by atoms with Gasteiger partial charge in [0.25, 0.3) is 0 Å². The summed E-state index contributed by atoms with van der Waals surface area (Å²) in [6.45, 7) is 5.64. The smallest absolute Gasteiger partial charge is 0.387 e. The zero-order valence-electron chi connectivity index (χ0n) is 16.2. The number of para-hydroxylation sites is 1. The van der Waals surface area contributed by atoms with Crippen LogP contribution in [0, 0.1) is 0 Å². The fourth-order valence-corrected chi connectivity index (χ4v) is 3.61. The summed E-state index contributed by atoms with van der Waals surface area (Å²) in [4.78, 5) is 9.41. The fraction of sp³-hybridized carbons (Fsp3) is 0.632. The van der Waals surface area contributed by atoms with Gasteiger partial charge in [-0.05, 0) is 19.4 Å². The molecule has 2 saturated heterocycles. The predicted octanol–water partition coefficient (Wildman–Crippen LogP) is 2.78. The average Bonchev–Trinajstić information content (AvgIpc) is 3.16. The van der Waals surface area contributed by atoms with Gasteiger partial charge in [0, 0.05) is 44.3 Å². The SMILES string of the molecule is CCNC(=NCc1ccccc1OC(F)F)N1CCC(N2CCOCC2)C1.I. The van der Waals surface area contributed by atoms with E-state index >= 15 is 0 Å². The number of nitrogens with zero attached hydrogens (tertiary/aromatic N) is 3. The predicted molar refractivity (Wildman–Crippen MR) is 116 cm³/mol. The molecule has 0 spiro atoms. The van der Waals surface area contributed by atoms with E-state index in [2.05, 4.69) is 24.8 Å². The van der Waals surface area contributed by atoms with Crippen LogP contribution < -0.4 is 10.1 Å². The van der Waals surface area contributed by atoms with Gasteiger partial charge in [-0.2, -0.15) is 8.78 Å². The third-order valence-corrected chi connectivity index (χ3v) is 4.95. The zero-order chi connectivity index (χ0) is 19.1. The third-order valence-electron chi connectivity index (χ3n) is 4.95. The van der Waals surface area contributed by atoms with E-state index in [0.29, 0.717) is 18.2 Å². The first-order valence-electron chi connectivity index (χ1n) is 9.55. The van der Waals surface area contributed by atoms with E-state index in [1.807, 2.05) is 6.92 Å². The van der Waals surface area contributed by atoms with E-state index in [1.165, 1.54) is 0 Å². The molecule has 2 aliphatic rings. The molecule has 158 valence electrons. The number of rotatable bonds is 6. The van der Waals surface area contributed by atoms with Crippen molar-refractivity contribution < 1.29 is 18.3 Å². The Kier molecular flexibility index (Phi) is 9.66. The minimum atomic E-state index is -2.84. The van der Waals surface area contributed by atoms with E-state index in [1.54, 1.807) is 24.3 Å². The molecule has 2 heterocycles. The summed E-state index contributed by atoms with van der Waals surface area (Å²) in [7, 11) is 0. The molecule has 1 aromatic carbocycles. The second-order valence-electron chi connectivity index (χ2n) is 6.69. The second kappa shape index (κ2) is 11.7. The molecule has 3 rings (SSSR count). The molecule has 0 aromatic heterocycles. The highest BCUT2D eigenvalue weighted by molar-refractivity contribution is 14.0. The van der Waals surface area contributed by atoms with Crippen LogP contribution in [0.4, 0.5) is 8.78 Å². The lowest BCUT2D eigenvalue weighted by molar-refractivity contribution is -0.0504. The summed E-state index contributed by atoms with van der Waals surface area (Å²) >= 11 is 0. The monoisotopic (exact) mass is 510 g/mol. The normalized spacial score (nSPS) is 20.9. The van der Waals surface area contributed by atoms with Crippen molar-refractivity contribution in [2.24, 2.45) is 4.99 Å². The number of halogens is 3. The van der Waals surface area contributed by atoms with Crippen LogP contribution in [-0.4, -0.2) is 74.4 Å². The molecule has 1 unspecified atom stereocenters. The van der Waals surface area contributed by atoms with Crippen molar-refractivity contribution in [3.63, 3.8) is 0 Å². The van der Waals surface area contributed by atoms with Crippen LogP contribution in [0.3, 0.4) is 0 Å². The number of likely N-dealkylation sites (tertiary alicyclic amines) is 1. The van der Waals surface area contributed by atoms with Gasteiger partial charge >= 0.3 is 6.61 Å². The Morgan fingerprint density at radius 3 is 2.75 bits per heavy atom. The van der Waals surface area contributed by atoms with E-state index in [0.717, 1.165) is 58.3 Å². The van der Waals surface area contributed by atoms with Crippen LogP contribution in [0.15, 0.2) is 29.3 Å². The Morgan fingerprint density at radius 2 is 2.04 bits per heavy atom. The molecule has 0 aliphatic carbocycles. The van der Waals surface area contributed by atoms with Crippen molar-refractivity contribution in [1.82, 2.24) is 15.1 Å². The summed E-state index contributed by atoms with van der Waals surface area (Å²) in [6, 6.07) is 7.32. The lowest BCUT2D eigenvalue weighted by atomic mass is 10.2. The molecule has 0 bridgehead atoms. The Labute approximate surface area is 182 Å². The van der Waals surface area contributed by atoms with Crippen LogP contribution in [0.25, 0.3) is 0 Å². The van der Waals surface area contributed by atoms with Crippen molar-refractivity contribution in [3.8, 4) is 5.75 Å². The van der Waals surface area contributed by atoms with Crippen LogP contribution >= 0.6 is 24.0 Å². The third kappa shape index (κ3) is 6.41. The molecule has 0 radical (unpaired) electrons. The average molecular weight is 510 g/mol. The van der Waals surface area contributed by atoms with Gasteiger partial charge in [-0.1, -0.05) is 18.2 Å². The van der Waals surface area contributed by atoms with Gasteiger partial charge in [0.1, 0.15) is 5.75 Å². The number of benzene rings is 1. The van der Waals surface area contributed by atoms with Crippen molar-refractivity contribution >= 4 is 29.9 Å². The first-order chi connectivity index (χ1) is 13.2. The number of aliphatic imine (C=N–C) groups is 1. The molecule has 0 saturated carbocycles. The number of nitrogens with one attached hydrogen (secondary N) is 1. The van der Waals surface area contributed by atoms with Gasteiger partial charge in [-0.15, -0.1) is 24.0 Å². The highest BCUT2D eigenvalue weighted by Gasteiger charge is 2.30. The molecule has 1 atom stereocenters. The largest absolute Gasteiger partial charge is 0.434 e. The fourth-order valence-electron chi connectivity index (χ4n) is 3.61. The first-order valence-corrected chi connectivity index (χ1v) is 9.55. The highest BCUT2D eigenvalue weighted by Crippen LogP contribution is 2.22. The Bertz CT molecular complexity index is 630. The lowest BCUT2D eigenvalue weighted by Crippen LogP contribution is -2.46. The van der Waals surface area contributed by atoms with Gasteiger partial charge in [-0.3, -0.25) is 4.90 Å². The minimum Gasteiger partial charge on any atom is -0.434 e. The molecule has 28 heavy (non-hydrogen) atoms. The van der Waals surface area contributed by atoms with Crippen LogP contribution in [0.2, 0.25) is 0 Å². The van der Waals surface area contributed by atoms with E-state index in [-0.39, 0.29) is 29.7 Å². The van der Waals surface area contributed by atoms with Crippen molar-refractivity contribution in [2.75, 3.05) is 45.9 Å². The molecule has 2 fully saturated rings. The summed E-state index contributed by atoms with van der Waals surface area (Å²) < 4.78 is 35.2. The summed E-state index contributed by atoms with van der Waals surface area (Å²) in [5, 5.41) is 3.32. The maximum absolute atomic E-state index is 12.6. The Morgan fingerprint density at radius 1 is 1.29 bits per heavy atom. The number of hydrogen-bond acceptors (Lipinski definition) is 4. The maximum atomic E-state index is 12.6. The van der Waals surface area contributed by atoms with E-state index in [9.17, 15) is 8.78 Å². The summed E-state index contributed by atoms with van der Waals surface area (Å²) in [6.07, 6.45) is 1.09. The quantitative estimate of drug-likeness (QED) is 0.363. The first kappa shape index (κ1) is 23.1. The molecule has 1 aromatic rings. The molecular formula is C19H29F2IN4O2. The van der Waals surface area contributed by atoms with Crippen molar-refractivity contribution in [3.05, 3.63) is 29.8 Å². The van der Waals surface area contributed by atoms with Crippen LogP contribution in [0.1, 0.15) is 18.9 Å². The van der Waals surface area contributed by atoms with E-state index in [4.69, 9.17) is 4.74 Å². The number of hydrogen-bond donors (Lipinski definition) is 1. The Hall–Kier alpha value is -1.20. The molecule has 6 nitrogen and oxygen atoms in total. The maximum Gasteiger partial charge on any atom is 0.387 e. The molecule has 1 N–H and O–H groups in total. The molecule has 0 amide bonds. The number of guanidine groups is 1. The van der Waals surface area contributed by atoms with Crippen molar-refractivity contribution in [1.29, 1.82) is 0 Å². The topological polar surface area (TPSA) is 49.3 Å².